The van der Waals surface area contributed by atoms with Gasteiger partial charge < -0.3 is 4.74 Å². The Kier molecular flexibility index (Phi) is 4.88. The zero-order valence-electron chi connectivity index (χ0n) is 11.7. The van der Waals surface area contributed by atoms with Crippen LogP contribution < -0.4 is 4.74 Å². The maximum absolute atomic E-state index is 12.4. The van der Waals surface area contributed by atoms with E-state index in [2.05, 4.69) is 9.72 Å². The molecule has 0 saturated carbocycles. The topological polar surface area (TPSA) is 39.2 Å². The molecule has 0 unspecified atom stereocenters. The number of thioether (sulfide) groups is 1. The number of benzene rings is 2. The first-order valence-electron chi connectivity index (χ1n) is 6.69. The second kappa shape index (κ2) is 7.06. The highest BCUT2D eigenvalue weighted by Crippen LogP contribution is 2.30. The SMILES string of the molecule is O=C(CSc1nc2ccccc2s1)c1ccccc1OC(F)F. The molecule has 0 fully saturated rings. The van der Waals surface area contributed by atoms with Gasteiger partial charge in [-0.2, -0.15) is 8.78 Å². The van der Waals surface area contributed by atoms with E-state index in [0.717, 1.165) is 14.6 Å². The standard InChI is InChI=1S/C16H11F2NO2S2/c17-15(18)21-13-7-3-1-5-10(13)12(20)9-22-16-19-11-6-2-4-8-14(11)23-16/h1-8,15H,9H2. The van der Waals surface area contributed by atoms with Crippen LogP contribution >= 0.6 is 23.1 Å². The van der Waals surface area contributed by atoms with E-state index in [4.69, 9.17) is 0 Å². The van der Waals surface area contributed by atoms with Crippen molar-refractivity contribution in [3.8, 4) is 5.75 Å². The van der Waals surface area contributed by atoms with Crippen molar-refractivity contribution in [2.45, 2.75) is 11.0 Å². The Morgan fingerprint density at radius 1 is 1.17 bits per heavy atom. The average Bonchev–Trinajstić information content (AvgIpc) is 2.95. The van der Waals surface area contributed by atoms with Gasteiger partial charge >= 0.3 is 6.61 Å². The van der Waals surface area contributed by atoms with Gasteiger partial charge in [0, 0.05) is 0 Å². The molecular formula is C16H11F2NO2S2. The van der Waals surface area contributed by atoms with Gasteiger partial charge in [0.25, 0.3) is 0 Å². The molecule has 0 aliphatic carbocycles. The van der Waals surface area contributed by atoms with Gasteiger partial charge in [0.2, 0.25) is 0 Å². The zero-order chi connectivity index (χ0) is 16.2. The summed E-state index contributed by atoms with van der Waals surface area (Å²) in [6.07, 6.45) is 0. The van der Waals surface area contributed by atoms with E-state index in [-0.39, 0.29) is 22.8 Å². The van der Waals surface area contributed by atoms with Crippen LogP contribution in [-0.2, 0) is 0 Å². The van der Waals surface area contributed by atoms with E-state index >= 15 is 0 Å². The lowest BCUT2D eigenvalue weighted by atomic mass is 10.1. The molecule has 3 nitrogen and oxygen atoms in total. The third kappa shape index (κ3) is 3.86. The van der Waals surface area contributed by atoms with Gasteiger partial charge in [0.1, 0.15) is 5.75 Å². The fourth-order valence-corrected chi connectivity index (χ4v) is 3.97. The quantitative estimate of drug-likeness (QED) is 0.469. The number of nitrogens with zero attached hydrogens (tertiary/aromatic N) is 1. The molecule has 1 aromatic heterocycles. The molecule has 0 aliphatic heterocycles. The molecule has 0 atom stereocenters. The minimum Gasteiger partial charge on any atom is -0.434 e. The Morgan fingerprint density at radius 2 is 1.91 bits per heavy atom. The van der Waals surface area contributed by atoms with Crippen LogP contribution in [0.2, 0.25) is 0 Å². The number of carbonyl (C=O) groups is 1. The molecule has 23 heavy (non-hydrogen) atoms. The summed E-state index contributed by atoms with van der Waals surface area (Å²) in [6, 6.07) is 13.7. The van der Waals surface area contributed by atoms with Crippen molar-refractivity contribution in [2.75, 3.05) is 5.75 Å². The average molecular weight is 351 g/mol. The third-order valence-corrected chi connectivity index (χ3v) is 5.18. The lowest BCUT2D eigenvalue weighted by Crippen LogP contribution is -2.09. The van der Waals surface area contributed by atoms with Crippen molar-refractivity contribution >= 4 is 39.1 Å². The summed E-state index contributed by atoms with van der Waals surface area (Å²) in [5, 5.41) is 0. The lowest BCUT2D eigenvalue weighted by Gasteiger charge is -2.09. The number of ether oxygens (including phenoxy) is 1. The Hall–Kier alpha value is -1.99. The molecular weight excluding hydrogens is 340 g/mol. The van der Waals surface area contributed by atoms with Crippen LogP contribution in [0.25, 0.3) is 10.2 Å². The van der Waals surface area contributed by atoms with Gasteiger partial charge in [0.05, 0.1) is 21.5 Å². The highest BCUT2D eigenvalue weighted by atomic mass is 32.2. The fraction of sp³-hybridized carbons (Fsp3) is 0.125. The van der Waals surface area contributed by atoms with Crippen LogP contribution in [0.3, 0.4) is 0 Å². The minimum absolute atomic E-state index is 0.0996. The zero-order valence-corrected chi connectivity index (χ0v) is 13.4. The largest absolute Gasteiger partial charge is 0.434 e. The summed E-state index contributed by atoms with van der Waals surface area (Å²) in [4.78, 5) is 16.7. The van der Waals surface area contributed by atoms with E-state index in [9.17, 15) is 13.6 Å². The second-order valence-electron chi connectivity index (χ2n) is 4.53. The van der Waals surface area contributed by atoms with E-state index in [1.54, 1.807) is 12.1 Å². The summed E-state index contributed by atoms with van der Waals surface area (Å²) < 4.78 is 31.0. The van der Waals surface area contributed by atoms with Crippen LogP contribution in [0.5, 0.6) is 5.75 Å². The normalized spacial score (nSPS) is 11.1. The number of Topliss-reactive ketones (excluding diaryl/α,β-unsaturated/α-hetero) is 1. The molecule has 2 aromatic carbocycles. The number of alkyl halides is 2. The molecule has 0 radical (unpaired) electrons. The van der Waals surface area contributed by atoms with Crippen LogP contribution in [0, 0.1) is 0 Å². The summed E-state index contributed by atoms with van der Waals surface area (Å²) in [7, 11) is 0. The Bertz CT molecular complexity index is 803. The number of rotatable bonds is 6. The summed E-state index contributed by atoms with van der Waals surface area (Å²) >= 11 is 2.79. The molecule has 7 heteroatoms. The summed E-state index contributed by atoms with van der Waals surface area (Å²) in [5.41, 5.74) is 1.04. The number of thiazole rings is 1. The first-order chi connectivity index (χ1) is 11.1. The first kappa shape index (κ1) is 15.9. The number of halogens is 2. The molecule has 0 aliphatic rings. The molecule has 0 spiro atoms. The van der Waals surface area contributed by atoms with Crippen molar-refractivity contribution in [3.05, 3.63) is 54.1 Å². The van der Waals surface area contributed by atoms with E-state index < -0.39 is 6.61 Å². The molecule has 0 amide bonds. The van der Waals surface area contributed by atoms with Gasteiger partial charge in [-0.25, -0.2) is 4.98 Å². The molecule has 118 valence electrons. The van der Waals surface area contributed by atoms with Gasteiger partial charge in [-0.3, -0.25) is 4.79 Å². The molecule has 1 heterocycles. The Balaban J connectivity index is 1.72. The third-order valence-electron chi connectivity index (χ3n) is 3.00. The van der Waals surface area contributed by atoms with Crippen LogP contribution in [-0.4, -0.2) is 23.1 Å². The number of aromatic nitrogens is 1. The minimum atomic E-state index is -2.96. The molecule has 0 N–H and O–H groups in total. The monoisotopic (exact) mass is 351 g/mol. The molecule has 0 saturated heterocycles. The molecule has 3 aromatic rings. The smallest absolute Gasteiger partial charge is 0.387 e. The predicted molar refractivity (Wildman–Crippen MR) is 87.7 cm³/mol. The highest BCUT2D eigenvalue weighted by molar-refractivity contribution is 8.01. The second-order valence-corrected chi connectivity index (χ2v) is 6.79. The van der Waals surface area contributed by atoms with Crippen LogP contribution in [0.4, 0.5) is 8.78 Å². The predicted octanol–water partition coefficient (Wildman–Crippen LogP) is 4.87. The van der Waals surface area contributed by atoms with Crippen LogP contribution in [0.15, 0.2) is 52.9 Å². The van der Waals surface area contributed by atoms with E-state index in [0.29, 0.717) is 0 Å². The van der Waals surface area contributed by atoms with E-state index in [1.807, 2.05) is 24.3 Å². The van der Waals surface area contributed by atoms with Gasteiger partial charge in [0.15, 0.2) is 10.1 Å². The number of fused-ring (bicyclic) bond motifs is 1. The molecule has 3 rings (SSSR count). The van der Waals surface area contributed by atoms with Crippen molar-refractivity contribution in [3.63, 3.8) is 0 Å². The van der Waals surface area contributed by atoms with Crippen molar-refractivity contribution in [2.24, 2.45) is 0 Å². The number of hydrogen-bond acceptors (Lipinski definition) is 5. The maximum Gasteiger partial charge on any atom is 0.387 e. The van der Waals surface area contributed by atoms with Gasteiger partial charge in [-0.05, 0) is 24.3 Å². The molecule has 0 bridgehead atoms. The number of carbonyl (C=O) groups excluding carboxylic acids is 1. The summed E-state index contributed by atoms with van der Waals surface area (Å²) in [5.74, 6) is -0.258. The van der Waals surface area contributed by atoms with Crippen LogP contribution in [0.1, 0.15) is 10.4 Å². The van der Waals surface area contributed by atoms with Crippen molar-refractivity contribution in [1.82, 2.24) is 4.98 Å². The number of hydrogen-bond donors (Lipinski definition) is 0. The van der Waals surface area contributed by atoms with Gasteiger partial charge in [-0.1, -0.05) is 36.0 Å². The van der Waals surface area contributed by atoms with Crippen molar-refractivity contribution in [1.29, 1.82) is 0 Å². The summed E-state index contributed by atoms with van der Waals surface area (Å²) in [6.45, 7) is -2.96. The lowest BCUT2D eigenvalue weighted by molar-refractivity contribution is -0.0501. The van der Waals surface area contributed by atoms with E-state index in [1.165, 1.54) is 35.2 Å². The number of para-hydroxylation sites is 2. The Labute approximate surface area is 139 Å². The number of ketones is 1. The van der Waals surface area contributed by atoms with Crippen molar-refractivity contribution < 1.29 is 18.3 Å². The maximum atomic E-state index is 12.4. The fourth-order valence-electron chi connectivity index (χ4n) is 2.01. The first-order valence-corrected chi connectivity index (χ1v) is 8.49. The van der Waals surface area contributed by atoms with Gasteiger partial charge in [-0.15, -0.1) is 11.3 Å². The highest BCUT2D eigenvalue weighted by Gasteiger charge is 2.16. The Morgan fingerprint density at radius 3 is 2.70 bits per heavy atom.